The second-order valence-corrected chi connectivity index (χ2v) is 16.7. The molecule has 0 spiro atoms. The van der Waals surface area contributed by atoms with Crippen molar-refractivity contribution < 1.29 is 9.47 Å². The van der Waals surface area contributed by atoms with Crippen LogP contribution in [0.2, 0.25) is 19.6 Å². The molecule has 0 heterocycles. The van der Waals surface area contributed by atoms with Gasteiger partial charge in [-0.1, -0.05) is 73.7 Å². The van der Waals surface area contributed by atoms with E-state index in [-0.39, 0.29) is 5.41 Å². The van der Waals surface area contributed by atoms with E-state index in [2.05, 4.69) is 82.0 Å². The molecule has 0 N–H and O–H groups in total. The highest BCUT2D eigenvalue weighted by Gasteiger charge is 2.46. The fourth-order valence-corrected chi connectivity index (χ4v) is 8.27. The molecule has 2 aliphatic rings. The molecule has 3 heteroatoms. The van der Waals surface area contributed by atoms with E-state index in [1.807, 2.05) is 7.11 Å². The normalized spacial score (nSPS) is 22.9. The Morgan fingerprint density at radius 3 is 2.35 bits per heavy atom. The van der Waals surface area contributed by atoms with E-state index in [1.165, 1.54) is 23.1 Å². The zero-order valence-corrected chi connectivity index (χ0v) is 23.3. The van der Waals surface area contributed by atoms with Crippen molar-refractivity contribution in [2.75, 3.05) is 14.2 Å². The van der Waals surface area contributed by atoms with Gasteiger partial charge in [-0.15, -0.1) is 0 Å². The van der Waals surface area contributed by atoms with Crippen LogP contribution in [0.5, 0.6) is 5.75 Å². The van der Waals surface area contributed by atoms with Crippen molar-refractivity contribution in [2.45, 2.75) is 78.1 Å². The van der Waals surface area contributed by atoms with Crippen LogP contribution in [0.3, 0.4) is 0 Å². The third-order valence-electron chi connectivity index (χ3n) is 8.16. The highest BCUT2D eigenvalue weighted by atomic mass is 28.3. The Labute approximate surface area is 208 Å². The molecule has 2 aromatic rings. The first-order valence-corrected chi connectivity index (χ1v) is 16.3. The standard InChI is InChI=1S/C31H42O2Si/c1-22-13-15-25(32-3)18-24(22)14-16-27-28(17-23-11-9-8-10-12-23)30(34(5,6)7)21-31(2)20-26(33-4)19-29(27)31/h8-13,15,18,26H,14,16-17,19-21H2,1-7H3/t26-,31+/m1/s1. The van der Waals surface area contributed by atoms with E-state index >= 15 is 0 Å². The molecule has 0 unspecified atom stereocenters. The number of hydrogen-bond donors (Lipinski definition) is 0. The van der Waals surface area contributed by atoms with Crippen molar-refractivity contribution in [1.29, 1.82) is 0 Å². The van der Waals surface area contributed by atoms with Crippen molar-refractivity contribution in [3.8, 4) is 5.75 Å². The molecule has 0 amide bonds. The van der Waals surface area contributed by atoms with Crippen LogP contribution in [0, 0.1) is 12.3 Å². The summed E-state index contributed by atoms with van der Waals surface area (Å²) < 4.78 is 11.5. The van der Waals surface area contributed by atoms with Crippen molar-refractivity contribution in [1.82, 2.24) is 0 Å². The average Bonchev–Trinajstić information content (AvgIpc) is 3.15. The molecule has 2 aliphatic carbocycles. The molecule has 1 saturated carbocycles. The quantitative estimate of drug-likeness (QED) is 0.362. The average molecular weight is 475 g/mol. The molecule has 0 radical (unpaired) electrons. The number of hydrogen-bond acceptors (Lipinski definition) is 2. The van der Waals surface area contributed by atoms with Crippen LogP contribution in [0.25, 0.3) is 0 Å². The first-order valence-electron chi connectivity index (χ1n) is 12.8. The molecule has 2 aromatic carbocycles. The van der Waals surface area contributed by atoms with E-state index in [1.54, 1.807) is 29.0 Å². The Bertz CT molecular complexity index is 1090. The predicted molar refractivity (Wildman–Crippen MR) is 146 cm³/mol. The lowest BCUT2D eigenvalue weighted by molar-refractivity contribution is 0.0975. The summed E-state index contributed by atoms with van der Waals surface area (Å²) in [5.74, 6) is 0.954. The number of aryl methyl sites for hydroxylation is 2. The molecule has 0 saturated heterocycles. The lowest BCUT2D eigenvalue weighted by Gasteiger charge is -2.41. The van der Waals surface area contributed by atoms with Crippen molar-refractivity contribution in [3.63, 3.8) is 0 Å². The van der Waals surface area contributed by atoms with Gasteiger partial charge in [0.2, 0.25) is 0 Å². The number of benzene rings is 2. The number of methoxy groups -OCH3 is 2. The maximum atomic E-state index is 5.95. The zero-order valence-electron chi connectivity index (χ0n) is 22.3. The van der Waals surface area contributed by atoms with Gasteiger partial charge in [-0.2, -0.15) is 0 Å². The molecule has 4 rings (SSSR count). The summed E-state index contributed by atoms with van der Waals surface area (Å²) in [7, 11) is 2.15. The second-order valence-electron chi connectivity index (χ2n) is 11.6. The Hall–Kier alpha value is -2.10. The minimum absolute atomic E-state index is 0.231. The highest BCUT2D eigenvalue weighted by Crippen LogP contribution is 2.56. The van der Waals surface area contributed by atoms with Crippen LogP contribution >= 0.6 is 0 Å². The number of rotatable bonds is 8. The van der Waals surface area contributed by atoms with Gasteiger partial charge in [0, 0.05) is 7.11 Å². The first-order chi connectivity index (χ1) is 16.1. The molecule has 0 bridgehead atoms. The molecule has 2 atom stereocenters. The minimum atomic E-state index is -1.50. The molecule has 2 nitrogen and oxygen atoms in total. The van der Waals surface area contributed by atoms with Gasteiger partial charge in [-0.25, -0.2) is 0 Å². The van der Waals surface area contributed by atoms with Gasteiger partial charge in [0.25, 0.3) is 0 Å². The van der Waals surface area contributed by atoms with Gasteiger partial charge in [-0.05, 0) is 90.8 Å². The van der Waals surface area contributed by atoms with Crippen molar-refractivity contribution in [2.24, 2.45) is 5.41 Å². The minimum Gasteiger partial charge on any atom is -0.497 e. The van der Waals surface area contributed by atoms with Crippen LogP contribution in [0.1, 0.15) is 49.3 Å². The number of ether oxygens (including phenoxy) is 2. The largest absolute Gasteiger partial charge is 0.497 e. The summed E-state index contributed by atoms with van der Waals surface area (Å²) in [6, 6.07) is 17.6. The molecular weight excluding hydrogens is 432 g/mol. The lowest BCUT2D eigenvalue weighted by atomic mass is 9.71. The van der Waals surface area contributed by atoms with E-state index in [0.29, 0.717) is 6.10 Å². The fourth-order valence-electron chi connectivity index (χ4n) is 6.20. The topological polar surface area (TPSA) is 18.5 Å². The Kier molecular flexibility index (Phi) is 7.26. The summed E-state index contributed by atoms with van der Waals surface area (Å²) in [5, 5.41) is 1.77. The maximum Gasteiger partial charge on any atom is 0.119 e. The summed E-state index contributed by atoms with van der Waals surface area (Å²) in [6.45, 7) is 12.3. The van der Waals surface area contributed by atoms with Gasteiger partial charge >= 0.3 is 0 Å². The summed E-state index contributed by atoms with van der Waals surface area (Å²) in [5.41, 5.74) is 9.36. The van der Waals surface area contributed by atoms with Crippen LogP contribution in [-0.4, -0.2) is 28.4 Å². The summed E-state index contributed by atoms with van der Waals surface area (Å²) >= 11 is 0. The van der Waals surface area contributed by atoms with Crippen LogP contribution in [-0.2, 0) is 17.6 Å². The molecule has 0 aliphatic heterocycles. The van der Waals surface area contributed by atoms with Gasteiger partial charge < -0.3 is 9.47 Å². The van der Waals surface area contributed by atoms with Crippen molar-refractivity contribution >= 4 is 8.07 Å². The van der Waals surface area contributed by atoms with Gasteiger partial charge in [0.1, 0.15) is 5.75 Å². The maximum absolute atomic E-state index is 5.95. The highest BCUT2D eigenvalue weighted by molar-refractivity contribution is 6.83. The second kappa shape index (κ2) is 9.87. The smallest absolute Gasteiger partial charge is 0.119 e. The van der Waals surface area contributed by atoms with Crippen LogP contribution < -0.4 is 4.74 Å². The van der Waals surface area contributed by atoms with E-state index in [9.17, 15) is 0 Å². The Balaban J connectivity index is 1.80. The SMILES string of the molecule is COc1ccc(C)c(CCC2=C3C[C@@H](OC)C[C@@]3(C)CC([Si](C)(C)C)=C2Cc2ccccc2)c1. The number of fused-ring (bicyclic) bond motifs is 1. The summed E-state index contributed by atoms with van der Waals surface area (Å²) in [6.07, 6.45) is 6.96. The fraction of sp³-hybridized carbons (Fsp3) is 0.484. The zero-order chi connectivity index (χ0) is 24.5. The molecule has 0 aromatic heterocycles. The molecule has 34 heavy (non-hydrogen) atoms. The van der Waals surface area contributed by atoms with E-state index in [4.69, 9.17) is 9.47 Å². The van der Waals surface area contributed by atoms with Crippen LogP contribution in [0.15, 0.2) is 70.4 Å². The summed E-state index contributed by atoms with van der Waals surface area (Å²) in [4.78, 5) is 0. The third-order valence-corrected chi connectivity index (χ3v) is 10.5. The number of allylic oxidation sites excluding steroid dienone is 3. The Morgan fingerprint density at radius 2 is 1.71 bits per heavy atom. The van der Waals surface area contributed by atoms with E-state index < -0.39 is 8.07 Å². The van der Waals surface area contributed by atoms with Crippen LogP contribution in [0.4, 0.5) is 0 Å². The first kappa shape index (κ1) is 25.0. The Morgan fingerprint density at radius 1 is 0.971 bits per heavy atom. The van der Waals surface area contributed by atoms with E-state index in [0.717, 1.165) is 37.9 Å². The molecule has 1 fully saturated rings. The van der Waals surface area contributed by atoms with Gasteiger partial charge in [-0.3, -0.25) is 0 Å². The molecular formula is C31H42O2Si. The lowest BCUT2D eigenvalue weighted by Crippen LogP contribution is -2.34. The molecule has 182 valence electrons. The van der Waals surface area contributed by atoms with Crippen molar-refractivity contribution in [3.05, 3.63) is 87.1 Å². The van der Waals surface area contributed by atoms with Gasteiger partial charge in [0.05, 0.1) is 21.3 Å². The monoisotopic (exact) mass is 474 g/mol. The van der Waals surface area contributed by atoms with Gasteiger partial charge in [0.15, 0.2) is 0 Å². The third kappa shape index (κ3) is 5.11. The predicted octanol–water partition coefficient (Wildman–Crippen LogP) is 7.87.